The summed E-state index contributed by atoms with van der Waals surface area (Å²) < 4.78 is 10.8. The smallest absolute Gasteiger partial charge is 0.142 e. The normalized spacial score (nSPS) is 10.8. The maximum absolute atomic E-state index is 7.38. The Hall–Kier alpha value is -1.46. The van der Waals surface area contributed by atoms with Gasteiger partial charge in [-0.05, 0) is 19.9 Å². The summed E-state index contributed by atoms with van der Waals surface area (Å²) in [5.74, 6) is -0.0392. The number of aromatic nitrogens is 1. The monoisotopic (exact) mass is 237 g/mol. The van der Waals surface area contributed by atoms with Gasteiger partial charge < -0.3 is 15.2 Å². The Kier molecular flexibility index (Phi) is 5.59. The van der Waals surface area contributed by atoms with Gasteiger partial charge in [-0.3, -0.25) is 10.4 Å². The van der Waals surface area contributed by atoms with Crippen LogP contribution in [0.5, 0.6) is 0 Å². The van der Waals surface area contributed by atoms with E-state index in [1.165, 1.54) is 0 Å². The number of nitrogens with one attached hydrogen (secondary N) is 1. The molecule has 5 heteroatoms. The third kappa shape index (κ3) is 4.93. The van der Waals surface area contributed by atoms with Crippen LogP contribution in [-0.4, -0.2) is 30.1 Å². The van der Waals surface area contributed by atoms with Gasteiger partial charge in [0.2, 0.25) is 0 Å². The number of nitrogens with two attached hydrogens (primary N) is 1. The Labute approximate surface area is 101 Å². The minimum absolute atomic E-state index is 0.0392. The molecule has 1 rings (SSSR count). The molecule has 1 heterocycles. The minimum Gasteiger partial charge on any atom is -0.382 e. The second-order valence-electron chi connectivity index (χ2n) is 3.90. The third-order valence-electron chi connectivity index (χ3n) is 2.08. The first kappa shape index (κ1) is 13.6. The molecule has 94 valence electrons. The topological polar surface area (TPSA) is 81.2 Å². The maximum Gasteiger partial charge on any atom is 0.142 e. The van der Waals surface area contributed by atoms with Crippen LogP contribution in [0.15, 0.2) is 18.3 Å². The fourth-order valence-electron chi connectivity index (χ4n) is 1.32. The van der Waals surface area contributed by atoms with Crippen molar-refractivity contribution in [3.05, 3.63) is 29.6 Å². The molecule has 0 unspecified atom stereocenters. The van der Waals surface area contributed by atoms with Crippen LogP contribution in [0.2, 0.25) is 0 Å². The summed E-state index contributed by atoms with van der Waals surface area (Å²) in [4.78, 5) is 4.04. The van der Waals surface area contributed by atoms with Crippen molar-refractivity contribution >= 4 is 5.84 Å². The molecule has 17 heavy (non-hydrogen) atoms. The molecule has 5 nitrogen and oxygen atoms in total. The van der Waals surface area contributed by atoms with E-state index in [0.717, 1.165) is 5.56 Å². The Morgan fingerprint density at radius 2 is 2.24 bits per heavy atom. The molecule has 0 amide bonds. The molecule has 0 bridgehead atoms. The number of pyridine rings is 1. The number of hydrogen-bond donors (Lipinski definition) is 2. The average Bonchev–Trinajstić information content (AvgIpc) is 2.28. The van der Waals surface area contributed by atoms with Crippen LogP contribution in [0.25, 0.3) is 0 Å². The average molecular weight is 237 g/mol. The van der Waals surface area contributed by atoms with E-state index in [-0.39, 0.29) is 11.9 Å². The number of nitrogen functional groups attached to an aromatic ring is 1. The van der Waals surface area contributed by atoms with Crippen LogP contribution in [0.3, 0.4) is 0 Å². The summed E-state index contributed by atoms with van der Waals surface area (Å²) in [6.45, 7) is 5.44. The van der Waals surface area contributed by atoms with Gasteiger partial charge in [-0.2, -0.15) is 0 Å². The Bertz CT molecular complexity index is 367. The van der Waals surface area contributed by atoms with Gasteiger partial charge >= 0.3 is 0 Å². The Balaban J connectivity index is 2.39. The number of amidine groups is 1. The lowest BCUT2D eigenvalue weighted by atomic mass is 10.2. The van der Waals surface area contributed by atoms with Gasteiger partial charge in [0, 0.05) is 11.8 Å². The van der Waals surface area contributed by atoms with Crippen LogP contribution in [0, 0.1) is 5.41 Å². The summed E-state index contributed by atoms with van der Waals surface area (Å²) in [5.41, 5.74) is 6.73. The van der Waals surface area contributed by atoms with Crippen molar-refractivity contribution in [3.63, 3.8) is 0 Å². The fraction of sp³-hybridized carbons (Fsp3) is 0.500. The van der Waals surface area contributed by atoms with Gasteiger partial charge in [-0.25, -0.2) is 0 Å². The second kappa shape index (κ2) is 6.98. The molecule has 1 aromatic heterocycles. The summed E-state index contributed by atoms with van der Waals surface area (Å²) in [6.07, 6.45) is 1.83. The van der Waals surface area contributed by atoms with Crippen molar-refractivity contribution < 1.29 is 9.47 Å². The Morgan fingerprint density at radius 1 is 1.47 bits per heavy atom. The molecule has 0 aliphatic carbocycles. The first-order valence-electron chi connectivity index (χ1n) is 5.59. The standard InChI is InChI=1S/C12H19N3O2/c1-9(2)17-7-6-16-8-10-4-3-5-15-11(10)12(13)14/h3-5,9H,6-8H2,1-2H3,(H3,13,14). The van der Waals surface area contributed by atoms with E-state index in [0.29, 0.717) is 25.5 Å². The highest BCUT2D eigenvalue weighted by molar-refractivity contribution is 5.94. The van der Waals surface area contributed by atoms with Crippen LogP contribution >= 0.6 is 0 Å². The predicted octanol–water partition coefficient (Wildman–Crippen LogP) is 1.31. The van der Waals surface area contributed by atoms with E-state index in [1.54, 1.807) is 12.3 Å². The van der Waals surface area contributed by atoms with Crippen molar-refractivity contribution in [2.45, 2.75) is 26.6 Å². The van der Waals surface area contributed by atoms with Gasteiger partial charge in [-0.1, -0.05) is 6.07 Å². The summed E-state index contributed by atoms with van der Waals surface area (Å²) in [6, 6.07) is 3.66. The molecule has 0 spiro atoms. The summed E-state index contributed by atoms with van der Waals surface area (Å²) in [7, 11) is 0. The maximum atomic E-state index is 7.38. The zero-order chi connectivity index (χ0) is 12.7. The predicted molar refractivity (Wildman–Crippen MR) is 66.0 cm³/mol. The summed E-state index contributed by atoms with van der Waals surface area (Å²) >= 11 is 0. The third-order valence-corrected chi connectivity index (χ3v) is 2.08. The lowest BCUT2D eigenvalue weighted by Crippen LogP contribution is -2.17. The quantitative estimate of drug-likeness (QED) is 0.425. The number of rotatable bonds is 7. The molecule has 0 aromatic carbocycles. The van der Waals surface area contributed by atoms with Crippen LogP contribution in [0.4, 0.5) is 0 Å². The van der Waals surface area contributed by atoms with Crippen molar-refractivity contribution in [2.75, 3.05) is 13.2 Å². The SMILES string of the molecule is CC(C)OCCOCc1cccnc1C(=N)N. The van der Waals surface area contributed by atoms with E-state index in [1.807, 2.05) is 19.9 Å². The first-order chi connectivity index (χ1) is 8.11. The summed E-state index contributed by atoms with van der Waals surface area (Å²) in [5, 5.41) is 7.38. The van der Waals surface area contributed by atoms with Gasteiger partial charge in [0.05, 0.1) is 25.9 Å². The molecule has 0 saturated carbocycles. The van der Waals surface area contributed by atoms with Crippen molar-refractivity contribution in [3.8, 4) is 0 Å². The number of hydrogen-bond acceptors (Lipinski definition) is 4. The molecule has 0 aliphatic heterocycles. The molecule has 0 saturated heterocycles. The number of nitrogens with zero attached hydrogens (tertiary/aromatic N) is 1. The van der Waals surface area contributed by atoms with E-state index in [9.17, 15) is 0 Å². The molecule has 3 N–H and O–H groups in total. The van der Waals surface area contributed by atoms with E-state index in [4.69, 9.17) is 20.6 Å². The molecule has 0 radical (unpaired) electrons. The zero-order valence-electron chi connectivity index (χ0n) is 10.3. The van der Waals surface area contributed by atoms with Crippen LogP contribution < -0.4 is 5.73 Å². The van der Waals surface area contributed by atoms with Gasteiger partial charge in [-0.15, -0.1) is 0 Å². The Morgan fingerprint density at radius 3 is 2.88 bits per heavy atom. The zero-order valence-corrected chi connectivity index (χ0v) is 10.3. The van der Waals surface area contributed by atoms with Crippen LogP contribution in [-0.2, 0) is 16.1 Å². The highest BCUT2D eigenvalue weighted by atomic mass is 16.5. The van der Waals surface area contributed by atoms with Crippen LogP contribution in [0.1, 0.15) is 25.1 Å². The largest absolute Gasteiger partial charge is 0.382 e. The lowest BCUT2D eigenvalue weighted by Gasteiger charge is -2.09. The first-order valence-corrected chi connectivity index (χ1v) is 5.59. The lowest BCUT2D eigenvalue weighted by molar-refractivity contribution is 0.0142. The van der Waals surface area contributed by atoms with Crippen molar-refractivity contribution in [2.24, 2.45) is 5.73 Å². The highest BCUT2D eigenvalue weighted by Crippen LogP contribution is 2.06. The van der Waals surface area contributed by atoms with Crippen molar-refractivity contribution in [1.29, 1.82) is 5.41 Å². The van der Waals surface area contributed by atoms with Gasteiger partial charge in [0.15, 0.2) is 0 Å². The van der Waals surface area contributed by atoms with Gasteiger partial charge in [0.25, 0.3) is 0 Å². The molecule has 0 fully saturated rings. The minimum atomic E-state index is -0.0392. The molecule has 0 atom stereocenters. The molecule has 0 aliphatic rings. The van der Waals surface area contributed by atoms with E-state index >= 15 is 0 Å². The van der Waals surface area contributed by atoms with Gasteiger partial charge in [0.1, 0.15) is 11.5 Å². The molecule has 1 aromatic rings. The number of ether oxygens (including phenoxy) is 2. The highest BCUT2D eigenvalue weighted by Gasteiger charge is 2.05. The van der Waals surface area contributed by atoms with E-state index < -0.39 is 0 Å². The molecular weight excluding hydrogens is 218 g/mol. The fourth-order valence-corrected chi connectivity index (χ4v) is 1.32. The second-order valence-corrected chi connectivity index (χ2v) is 3.90. The molecular formula is C12H19N3O2. The van der Waals surface area contributed by atoms with Crippen molar-refractivity contribution in [1.82, 2.24) is 4.98 Å². The van der Waals surface area contributed by atoms with E-state index in [2.05, 4.69) is 4.98 Å².